The van der Waals surface area contributed by atoms with Gasteiger partial charge < -0.3 is 10.2 Å². The maximum atomic E-state index is 12.6. The molecule has 0 bridgehead atoms. The van der Waals surface area contributed by atoms with Crippen LogP contribution in [0.4, 0.5) is 5.82 Å². The second kappa shape index (κ2) is 9.63. The fraction of sp³-hybridized carbons (Fsp3) is 0.320. The number of carbonyl (C=O) groups is 1. The maximum absolute atomic E-state index is 12.6. The Labute approximate surface area is 192 Å². The van der Waals surface area contributed by atoms with Gasteiger partial charge in [0.05, 0.1) is 15.8 Å². The number of rotatable bonds is 7. The van der Waals surface area contributed by atoms with Crippen molar-refractivity contribution in [2.24, 2.45) is 0 Å². The number of anilines is 1. The summed E-state index contributed by atoms with van der Waals surface area (Å²) in [4.78, 5) is 21.9. The first-order valence-electron chi connectivity index (χ1n) is 11.2. The Hall–Kier alpha value is -3.03. The van der Waals surface area contributed by atoms with Gasteiger partial charge in [0, 0.05) is 49.7 Å². The second-order valence-electron chi connectivity index (χ2n) is 8.17. The zero-order valence-electron chi connectivity index (χ0n) is 18.0. The van der Waals surface area contributed by atoms with Gasteiger partial charge >= 0.3 is 0 Å². The van der Waals surface area contributed by atoms with E-state index in [4.69, 9.17) is 4.37 Å². The summed E-state index contributed by atoms with van der Waals surface area (Å²) >= 11 is 1.59. The van der Waals surface area contributed by atoms with Crippen LogP contribution in [0.15, 0.2) is 60.8 Å². The molecule has 0 saturated carbocycles. The fourth-order valence-electron chi connectivity index (χ4n) is 4.33. The molecule has 164 valence electrons. The van der Waals surface area contributed by atoms with Crippen molar-refractivity contribution in [1.82, 2.24) is 19.6 Å². The van der Waals surface area contributed by atoms with Crippen molar-refractivity contribution in [3.05, 3.63) is 66.4 Å². The zero-order valence-corrected chi connectivity index (χ0v) is 18.9. The summed E-state index contributed by atoms with van der Waals surface area (Å²) in [6.07, 6.45) is 3.78. The number of piperazine rings is 1. The molecule has 2 aromatic carbocycles. The first kappa shape index (κ1) is 20.8. The van der Waals surface area contributed by atoms with Gasteiger partial charge in [0.15, 0.2) is 0 Å². The van der Waals surface area contributed by atoms with Gasteiger partial charge in [-0.1, -0.05) is 30.3 Å². The number of aromatic nitrogens is 2. The van der Waals surface area contributed by atoms with Gasteiger partial charge in [-0.2, -0.15) is 4.37 Å². The third-order valence-electron chi connectivity index (χ3n) is 6.09. The Balaban J connectivity index is 1.05. The van der Waals surface area contributed by atoms with Gasteiger partial charge in [-0.3, -0.25) is 14.7 Å². The van der Waals surface area contributed by atoms with Gasteiger partial charge in [0.25, 0.3) is 5.91 Å². The van der Waals surface area contributed by atoms with Crippen LogP contribution in [0.3, 0.4) is 0 Å². The smallest absolute Gasteiger partial charge is 0.253 e. The summed E-state index contributed by atoms with van der Waals surface area (Å²) in [5.41, 5.74) is 1.41. The van der Waals surface area contributed by atoms with Crippen LogP contribution in [0.1, 0.15) is 23.2 Å². The Morgan fingerprint density at radius 1 is 0.969 bits per heavy atom. The lowest BCUT2D eigenvalue weighted by molar-refractivity contribution is 0.0954. The van der Waals surface area contributed by atoms with Crippen LogP contribution >= 0.6 is 11.5 Å². The Kier molecular flexibility index (Phi) is 6.27. The predicted molar refractivity (Wildman–Crippen MR) is 132 cm³/mol. The highest BCUT2D eigenvalue weighted by atomic mass is 32.1. The van der Waals surface area contributed by atoms with E-state index < -0.39 is 0 Å². The molecule has 1 aliphatic heterocycles. The number of unbranched alkanes of at least 4 members (excludes halogenated alkanes) is 1. The van der Waals surface area contributed by atoms with E-state index in [0.29, 0.717) is 12.1 Å². The van der Waals surface area contributed by atoms with Crippen LogP contribution in [0.5, 0.6) is 0 Å². The number of fused-ring (bicyclic) bond motifs is 2. The highest BCUT2D eigenvalue weighted by Gasteiger charge is 2.20. The summed E-state index contributed by atoms with van der Waals surface area (Å²) in [5, 5.41) is 5.32. The lowest BCUT2D eigenvalue weighted by Crippen LogP contribution is -2.46. The summed E-state index contributed by atoms with van der Waals surface area (Å²) in [7, 11) is 0. The number of amides is 1. The summed E-state index contributed by atoms with van der Waals surface area (Å²) in [5.74, 6) is 1.09. The zero-order chi connectivity index (χ0) is 21.8. The molecule has 1 saturated heterocycles. The molecule has 1 amide bonds. The predicted octanol–water partition coefficient (Wildman–Crippen LogP) is 4.18. The van der Waals surface area contributed by atoms with Gasteiger partial charge in [-0.25, -0.2) is 0 Å². The lowest BCUT2D eigenvalue weighted by atomic mass is 10.1. The Morgan fingerprint density at radius 3 is 2.72 bits per heavy atom. The fourth-order valence-corrected chi connectivity index (χ4v) is 5.12. The molecule has 0 aliphatic carbocycles. The van der Waals surface area contributed by atoms with Gasteiger partial charge in [0.1, 0.15) is 5.82 Å². The average molecular weight is 446 g/mol. The molecule has 4 aromatic rings. The molecule has 5 rings (SSSR count). The van der Waals surface area contributed by atoms with Crippen LogP contribution in [-0.2, 0) is 0 Å². The molecule has 0 unspecified atom stereocenters. The number of para-hydroxylation sites is 1. The van der Waals surface area contributed by atoms with Crippen molar-refractivity contribution in [3.63, 3.8) is 0 Å². The standard InChI is InChI=1S/C25H27N5OS/c31-25(21-10-5-7-19-8-6-13-26-23(19)21)27-12-3-4-14-29-15-17-30(18-16-29)24-20-9-1-2-11-22(20)32-28-24/h1-2,5-11,13H,3-4,12,14-18H2,(H,27,31). The molecule has 0 radical (unpaired) electrons. The van der Waals surface area contributed by atoms with Gasteiger partial charge in [-0.05, 0) is 55.2 Å². The molecule has 0 spiro atoms. The normalized spacial score (nSPS) is 14.8. The van der Waals surface area contributed by atoms with E-state index in [-0.39, 0.29) is 5.91 Å². The van der Waals surface area contributed by atoms with E-state index in [9.17, 15) is 4.79 Å². The molecule has 1 aliphatic rings. The second-order valence-corrected chi connectivity index (χ2v) is 8.98. The van der Waals surface area contributed by atoms with Crippen molar-refractivity contribution in [1.29, 1.82) is 0 Å². The van der Waals surface area contributed by atoms with Crippen LogP contribution in [0, 0.1) is 0 Å². The van der Waals surface area contributed by atoms with Crippen molar-refractivity contribution in [3.8, 4) is 0 Å². The van der Waals surface area contributed by atoms with Gasteiger partial charge in [0.2, 0.25) is 0 Å². The average Bonchev–Trinajstić information content (AvgIpc) is 3.28. The van der Waals surface area contributed by atoms with E-state index >= 15 is 0 Å². The summed E-state index contributed by atoms with van der Waals surface area (Å²) < 4.78 is 5.95. The Bertz CT molecular complexity index is 1210. The number of nitrogens with zero attached hydrogens (tertiary/aromatic N) is 4. The maximum Gasteiger partial charge on any atom is 0.253 e. The molecule has 1 N–H and O–H groups in total. The number of nitrogens with one attached hydrogen (secondary N) is 1. The first-order valence-corrected chi connectivity index (χ1v) is 12.0. The molecule has 1 fully saturated rings. The highest BCUT2D eigenvalue weighted by Crippen LogP contribution is 2.29. The number of pyridine rings is 1. The molecular formula is C25H27N5OS. The number of benzene rings is 2. The molecular weight excluding hydrogens is 418 g/mol. The quantitative estimate of drug-likeness (QED) is 0.433. The molecule has 3 heterocycles. The monoisotopic (exact) mass is 445 g/mol. The lowest BCUT2D eigenvalue weighted by Gasteiger charge is -2.35. The number of hydrogen-bond donors (Lipinski definition) is 1. The van der Waals surface area contributed by atoms with Crippen molar-refractivity contribution >= 4 is 44.2 Å². The summed E-state index contributed by atoms with van der Waals surface area (Å²) in [6, 6.07) is 18.1. The minimum atomic E-state index is -0.0431. The van der Waals surface area contributed by atoms with Gasteiger partial charge in [-0.15, -0.1) is 0 Å². The molecule has 6 nitrogen and oxygen atoms in total. The minimum Gasteiger partial charge on any atom is -0.353 e. The van der Waals surface area contributed by atoms with Crippen LogP contribution < -0.4 is 10.2 Å². The van der Waals surface area contributed by atoms with E-state index in [1.807, 2.05) is 30.3 Å². The van der Waals surface area contributed by atoms with E-state index in [1.165, 1.54) is 10.1 Å². The number of hydrogen-bond acceptors (Lipinski definition) is 6. The Morgan fingerprint density at radius 2 is 1.81 bits per heavy atom. The topological polar surface area (TPSA) is 61.4 Å². The van der Waals surface area contributed by atoms with E-state index in [2.05, 4.69) is 44.4 Å². The van der Waals surface area contributed by atoms with Crippen molar-refractivity contribution < 1.29 is 4.79 Å². The first-order chi connectivity index (χ1) is 15.8. The summed E-state index contributed by atoms with van der Waals surface area (Å²) in [6.45, 7) is 5.89. The van der Waals surface area contributed by atoms with E-state index in [1.54, 1.807) is 17.7 Å². The third-order valence-corrected chi connectivity index (χ3v) is 6.91. The van der Waals surface area contributed by atoms with Crippen LogP contribution in [0.25, 0.3) is 21.0 Å². The largest absolute Gasteiger partial charge is 0.353 e. The SMILES string of the molecule is O=C(NCCCCN1CCN(c2nsc3ccccc23)CC1)c1cccc2cccnc12. The molecule has 0 atom stereocenters. The highest BCUT2D eigenvalue weighted by molar-refractivity contribution is 7.13. The molecule has 7 heteroatoms. The van der Waals surface area contributed by atoms with Crippen molar-refractivity contribution in [2.75, 3.05) is 44.2 Å². The minimum absolute atomic E-state index is 0.0431. The van der Waals surface area contributed by atoms with Crippen LogP contribution in [-0.4, -0.2) is 59.4 Å². The number of carbonyl (C=O) groups excluding carboxylic acids is 1. The molecule has 32 heavy (non-hydrogen) atoms. The van der Waals surface area contributed by atoms with Crippen LogP contribution in [0.2, 0.25) is 0 Å². The van der Waals surface area contributed by atoms with Crippen molar-refractivity contribution in [2.45, 2.75) is 12.8 Å². The third kappa shape index (κ3) is 4.45. The molecule has 2 aromatic heterocycles. The van der Waals surface area contributed by atoms with E-state index in [0.717, 1.165) is 62.3 Å².